The van der Waals surface area contributed by atoms with Crippen molar-refractivity contribution in [2.45, 2.75) is 32.7 Å². The molecule has 0 atom stereocenters. The summed E-state index contributed by atoms with van der Waals surface area (Å²) < 4.78 is 1.75. The maximum atomic E-state index is 12.5. The van der Waals surface area contributed by atoms with E-state index in [4.69, 9.17) is 0 Å². The van der Waals surface area contributed by atoms with Gasteiger partial charge in [-0.15, -0.1) is 0 Å². The first-order valence-electron chi connectivity index (χ1n) is 9.29. The molecule has 1 aliphatic heterocycles. The number of likely N-dealkylation sites (tertiary alicyclic amines) is 1. The van der Waals surface area contributed by atoms with Crippen molar-refractivity contribution in [3.05, 3.63) is 69.1 Å². The van der Waals surface area contributed by atoms with Gasteiger partial charge in [0, 0.05) is 50.2 Å². The summed E-state index contributed by atoms with van der Waals surface area (Å²) in [6.45, 7) is 3.76. The van der Waals surface area contributed by atoms with E-state index >= 15 is 0 Å². The number of carbonyl (C=O) groups is 2. The van der Waals surface area contributed by atoms with Crippen LogP contribution in [0.15, 0.2) is 41.3 Å². The van der Waals surface area contributed by atoms with Crippen molar-refractivity contribution in [3.8, 4) is 0 Å². The van der Waals surface area contributed by atoms with Crippen LogP contribution in [-0.4, -0.2) is 34.4 Å². The van der Waals surface area contributed by atoms with Gasteiger partial charge in [0.15, 0.2) is 5.43 Å². The standard InChI is InChI=1S/C21H25N3O3/c1-15-12-19(25)18(14-23(15)2)20(26)22-13-16-6-8-17(9-7-16)21(27)24-10-4-3-5-11-24/h6-9,12,14H,3-5,10-11,13H2,1-2H3,(H,22,26). The molecule has 6 heteroatoms. The lowest BCUT2D eigenvalue weighted by molar-refractivity contribution is 0.0724. The maximum Gasteiger partial charge on any atom is 0.257 e. The number of hydrogen-bond acceptors (Lipinski definition) is 3. The van der Waals surface area contributed by atoms with E-state index in [0.29, 0.717) is 12.1 Å². The van der Waals surface area contributed by atoms with Crippen molar-refractivity contribution < 1.29 is 9.59 Å². The van der Waals surface area contributed by atoms with E-state index in [9.17, 15) is 14.4 Å². The summed E-state index contributed by atoms with van der Waals surface area (Å²) in [5.74, 6) is -0.336. The molecule has 0 unspecified atom stereocenters. The largest absolute Gasteiger partial charge is 0.354 e. The van der Waals surface area contributed by atoms with Gasteiger partial charge in [0.2, 0.25) is 0 Å². The van der Waals surface area contributed by atoms with Gasteiger partial charge in [0.05, 0.1) is 0 Å². The monoisotopic (exact) mass is 367 g/mol. The minimum Gasteiger partial charge on any atom is -0.354 e. The number of benzene rings is 1. The summed E-state index contributed by atoms with van der Waals surface area (Å²) in [4.78, 5) is 38.7. The molecule has 0 bridgehead atoms. The summed E-state index contributed by atoms with van der Waals surface area (Å²) in [6, 6.07) is 8.72. The van der Waals surface area contributed by atoms with Gasteiger partial charge in [-0.05, 0) is 43.9 Å². The van der Waals surface area contributed by atoms with Gasteiger partial charge in [-0.25, -0.2) is 0 Å². The fourth-order valence-electron chi connectivity index (χ4n) is 3.22. The topological polar surface area (TPSA) is 71.4 Å². The van der Waals surface area contributed by atoms with Gasteiger partial charge in [-0.1, -0.05) is 12.1 Å². The molecule has 2 amide bonds. The molecule has 1 aromatic heterocycles. The molecule has 1 N–H and O–H groups in total. The molecule has 0 spiro atoms. The molecular formula is C21H25N3O3. The molecule has 1 aliphatic rings. The van der Waals surface area contributed by atoms with Gasteiger partial charge in [-0.3, -0.25) is 14.4 Å². The second-order valence-corrected chi connectivity index (χ2v) is 7.04. The normalized spacial score (nSPS) is 14.1. The van der Waals surface area contributed by atoms with Gasteiger partial charge in [-0.2, -0.15) is 0 Å². The van der Waals surface area contributed by atoms with Crippen LogP contribution in [0.5, 0.6) is 0 Å². The minimum absolute atomic E-state index is 0.0634. The predicted molar refractivity (Wildman–Crippen MR) is 104 cm³/mol. The average Bonchev–Trinajstić information content (AvgIpc) is 2.69. The number of piperidine rings is 1. The highest BCUT2D eigenvalue weighted by atomic mass is 16.2. The van der Waals surface area contributed by atoms with Crippen molar-refractivity contribution in [2.24, 2.45) is 7.05 Å². The van der Waals surface area contributed by atoms with Crippen LogP contribution in [0.2, 0.25) is 0 Å². The molecule has 0 aliphatic carbocycles. The Balaban J connectivity index is 1.62. The number of nitrogens with one attached hydrogen (secondary N) is 1. The fourth-order valence-corrected chi connectivity index (χ4v) is 3.22. The second kappa shape index (κ2) is 8.20. The molecule has 1 aromatic carbocycles. The van der Waals surface area contributed by atoms with E-state index < -0.39 is 5.91 Å². The number of aryl methyl sites for hydroxylation is 2. The lowest BCUT2D eigenvalue weighted by atomic mass is 10.1. The summed E-state index contributed by atoms with van der Waals surface area (Å²) in [5, 5.41) is 2.77. The van der Waals surface area contributed by atoms with Gasteiger partial charge >= 0.3 is 0 Å². The van der Waals surface area contributed by atoms with Gasteiger partial charge in [0.1, 0.15) is 5.56 Å². The Morgan fingerprint density at radius 1 is 1.07 bits per heavy atom. The van der Waals surface area contributed by atoms with Gasteiger partial charge < -0.3 is 14.8 Å². The molecule has 0 radical (unpaired) electrons. The zero-order valence-electron chi connectivity index (χ0n) is 15.8. The summed E-state index contributed by atoms with van der Waals surface area (Å²) >= 11 is 0. The van der Waals surface area contributed by atoms with Crippen LogP contribution in [0.25, 0.3) is 0 Å². The predicted octanol–water partition coefficient (Wildman–Crippen LogP) is 2.25. The van der Waals surface area contributed by atoms with Crippen LogP contribution >= 0.6 is 0 Å². The molecule has 6 nitrogen and oxygen atoms in total. The third kappa shape index (κ3) is 4.45. The highest BCUT2D eigenvalue weighted by Gasteiger charge is 2.18. The Hall–Kier alpha value is -2.89. The molecule has 1 saturated heterocycles. The molecular weight excluding hydrogens is 342 g/mol. The van der Waals surface area contributed by atoms with Crippen molar-refractivity contribution in [1.29, 1.82) is 0 Å². The summed E-state index contributed by atoms with van der Waals surface area (Å²) in [7, 11) is 1.80. The third-order valence-corrected chi connectivity index (χ3v) is 5.03. The van der Waals surface area contributed by atoms with Crippen LogP contribution in [0.4, 0.5) is 0 Å². The fraction of sp³-hybridized carbons (Fsp3) is 0.381. The lowest BCUT2D eigenvalue weighted by Gasteiger charge is -2.26. The number of hydrogen-bond donors (Lipinski definition) is 1. The number of amides is 2. The SMILES string of the molecule is Cc1cc(=O)c(C(=O)NCc2ccc(C(=O)N3CCCCC3)cc2)cn1C. The average molecular weight is 367 g/mol. The Bertz CT molecular complexity index is 894. The zero-order valence-corrected chi connectivity index (χ0v) is 15.8. The van der Waals surface area contributed by atoms with E-state index in [0.717, 1.165) is 37.2 Å². The van der Waals surface area contributed by atoms with Crippen LogP contribution in [0.1, 0.15) is 51.2 Å². The van der Waals surface area contributed by atoms with Crippen LogP contribution in [0.3, 0.4) is 0 Å². The molecule has 2 aromatic rings. The molecule has 142 valence electrons. The molecule has 2 heterocycles. The lowest BCUT2D eigenvalue weighted by Crippen LogP contribution is -2.35. The number of pyridine rings is 1. The maximum absolute atomic E-state index is 12.5. The number of rotatable bonds is 4. The van der Waals surface area contributed by atoms with Crippen LogP contribution in [-0.2, 0) is 13.6 Å². The van der Waals surface area contributed by atoms with Crippen LogP contribution < -0.4 is 10.7 Å². The molecule has 3 rings (SSSR count). The van der Waals surface area contributed by atoms with E-state index in [-0.39, 0.29) is 16.9 Å². The number of aromatic nitrogens is 1. The Kier molecular flexibility index (Phi) is 5.74. The quantitative estimate of drug-likeness (QED) is 0.901. The first-order chi connectivity index (χ1) is 13.0. The summed E-state index contributed by atoms with van der Waals surface area (Å²) in [6.07, 6.45) is 4.86. The first-order valence-corrected chi connectivity index (χ1v) is 9.29. The minimum atomic E-state index is -0.399. The highest BCUT2D eigenvalue weighted by molar-refractivity contribution is 5.94. The van der Waals surface area contributed by atoms with Gasteiger partial charge in [0.25, 0.3) is 11.8 Å². The van der Waals surface area contributed by atoms with Crippen molar-refractivity contribution in [2.75, 3.05) is 13.1 Å². The van der Waals surface area contributed by atoms with Crippen molar-refractivity contribution >= 4 is 11.8 Å². The highest BCUT2D eigenvalue weighted by Crippen LogP contribution is 2.14. The van der Waals surface area contributed by atoms with Crippen LogP contribution in [0, 0.1) is 6.92 Å². The Morgan fingerprint density at radius 2 is 1.74 bits per heavy atom. The van der Waals surface area contributed by atoms with Crippen molar-refractivity contribution in [3.63, 3.8) is 0 Å². The Morgan fingerprint density at radius 3 is 2.41 bits per heavy atom. The first kappa shape index (κ1) is 18.9. The molecule has 1 fully saturated rings. The zero-order chi connectivity index (χ0) is 19.4. The Labute approximate surface area is 158 Å². The van der Waals surface area contributed by atoms with Crippen molar-refractivity contribution in [1.82, 2.24) is 14.8 Å². The smallest absolute Gasteiger partial charge is 0.257 e. The third-order valence-electron chi connectivity index (χ3n) is 5.03. The molecule has 0 saturated carbocycles. The number of nitrogens with zero attached hydrogens (tertiary/aromatic N) is 2. The van der Waals surface area contributed by atoms with E-state index in [1.165, 1.54) is 12.5 Å². The van der Waals surface area contributed by atoms with E-state index in [2.05, 4.69) is 5.32 Å². The molecule has 27 heavy (non-hydrogen) atoms. The van der Waals surface area contributed by atoms with E-state index in [1.807, 2.05) is 24.0 Å². The van der Waals surface area contributed by atoms with E-state index in [1.54, 1.807) is 29.9 Å². The number of carbonyl (C=O) groups excluding carboxylic acids is 2. The summed E-state index contributed by atoms with van der Waals surface area (Å²) in [5.41, 5.74) is 2.18. The second-order valence-electron chi connectivity index (χ2n) is 7.04.